The van der Waals surface area contributed by atoms with Gasteiger partial charge in [-0.2, -0.15) is 0 Å². The van der Waals surface area contributed by atoms with E-state index in [9.17, 15) is 37.3 Å². The molecule has 40 heavy (non-hydrogen) atoms. The third-order valence-corrected chi connectivity index (χ3v) is 5.94. The molecule has 3 aromatic rings. The molecular formula is C28H21F4N3O5. The maximum atomic E-state index is 13.8. The van der Waals surface area contributed by atoms with Gasteiger partial charge in [-0.05, 0) is 59.7 Å². The third-order valence-electron chi connectivity index (χ3n) is 5.94. The molecule has 1 aliphatic rings. The molecule has 0 radical (unpaired) electrons. The van der Waals surface area contributed by atoms with Gasteiger partial charge in [0, 0.05) is 29.3 Å². The first-order chi connectivity index (χ1) is 19.1. The van der Waals surface area contributed by atoms with Gasteiger partial charge in [0.1, 0.15) is 6.61 Å². The summed E-state index contributed by atoms with van der Waals surface area (Å²) in [6.07, 6.45) is 2.55. The van der Waals surface area contributed by atoms with Crippen LogP contribution in [-0.2, 0) is 4.79 Å². The highest BCUT2D eigenvalue weighted by Gasteiger charge is 2.31. The first-order valence-electron chi connectivity index (χ1n) is 11.8. The molecule has 4 rings (SSSR count). The largest absolute Gasteiger partial charge is 0.485 e. The van der Waals surface area contributed by atoms with Crippen LogP contribution in [0.25, 0.3) is 12.2 Å². The van der Waals surface area contributed by atoms with Crippen LogP contribution >= 0.6 is 0 Å². The van der Waals surface area contributed by atoms with E-state index >= 15 is 0 Å². The lowest BCUT2D eigenvalue weighted by atomic mass is 9.93. The number of carbonyl (C=O) groups excluding carboxylic acids is 2. The van der Waals surface area contributed by atoms with Crippen molar-refractivity contribution in [3.05, 3.63) is 116 Å². The number of halogens is 4. The summed E-state index contributed by atoms with van der Waals surface area (Å²) >= 11 is 0. The third kappa shape index (κ3) is 6.24. The van der Waals surface area contributed by atoms with Crippen LogP contribution in [0.15, 0.2) is 65.7 Å². The number of piperidine rings is 1. The number of carbonyl (C=O) groups is 2. The lowest BCUT2D eigenvalue weighted by molar-refractivity contribution is -0.385. The van der Waals surface area contributed by atoms with Crippen molar-refractivity contribution in [1.29, 1.82) is 0 Å². The van der Waals surface area contributed by atoms with Gasteiger partial charge in [0.05, 0.1) is 18.0 Å². The number of ketones is 1. The molecule has 0 bridgehead atoms. The number of nitrogens with zero attached hydrogens (tertiary/aromatic N) is 2. The molecule has 1 saturated heterocycles. The van der Waals surface area contributed by atoms with Gasteiger partial charge in [0.15, 0.2) is 34.8 Å². The molecule has 0 spiro atoms. The predicted molar refractivity (Wildman–Crippen MR) is 137 cm³/mol. The van der Waals surface area contributed by atoms with E-state index in [1.165, 1.54) is 41.3 Å². The van der Waals surface area contributed by atoms with Crippen molar-refractivity contribution in [2.75, 3.05) is 26.2 Å². The average molecular weight is 555 g/mol. The van der Waals surface area contributed by atoms with Gasteiger partial charge in [-0.25, -0.2) is 17.6 Å². The Morgan fingerprint density at radius 3 is 1.93 bits per heavy atom. The second-order valence-corrected chi connectivity index (χ2v) is 8.75. The quantitative estimate of drug-likeness (QED) is 0.196. The molecular weight excluding hydrogens is 534 g/mol. The maximum Gasteiger partial charge on any atom is 0.311 e. The summed E-state index contributed by atoms with van der Waals surface area (Å²) in [5, 5.41) is 11.6. The minimum absolute atomic E-state index is 0.0110. The van der Waals surface area contributed by atoms with E-state index in [-0.39, 0.29) is 59.8 Å². The van der Waals surface area contributed by atoms with Crippen LogP contribution < -0.4 is 10.5 Å². The van der Waals surface area contributed by atoms with Gasteiger partial charge < -0.3 is 15.4 Å². The standard InChI is InChI=1S/C28H21F4N3O5/c29-21-4-1-16(11-23(21)31)9-19-14-34(15-20(27(19)36)10-17-2-5-22(30)24(32)12-17)28(37)18-3-6-26(40-8-7-33)25(13-18)35(38)39/h1-6,9-13H,7-8,14-15,33H2/b19-9+,20-10+. The summed E-state index contributed by atoms with van der Waals surface area (Å²) in [5.74, 6) is -5.80. The van der Waals surface area contributed by atoms with Gasteiger partial charge in [-0.1, -0.05) is 12.1 Å². The molecule has 0 atom stereocenters. The van der Waals surface area contributed by atoms with E-state index in [4.69, 9.17) is 10.5 Å². The molecule has 0 aliphatic carbocycles. The number of rotatable bonds is 7. The van der Waals surface area contributed by atoms with Crippen molar-refractivity contribution in [3.63, 3.8) is 0 Å². The zero-order valence-electron chi connectivity index (χ0n) is 20.7. The van der Waals surface area contributed by atoms with E-state index in [0.717, 1.165) is 30.3 Å². The van der Waals surface area contributed by atoms with Crippen molar-refractivity contribution >= 4 is 29.5 Å². The van der Waals surface area contributed by atoms with E-state index in [1.807, 2.05) is 0 Å². The van der Waals surface area contributed by atoms with Crippen molar-refractivity contribution in [1.82, 2.24) is 4.90 Å². The van der Waals surface area contributed by atoms with Crippen LogP contribution in [0.1, 0.15) is 21.5 Å². The minimum atomic E-state index is -1.15. The van der Waals surface area contributed by atoms with Crippen molar-refractivity contribution < 1.29 is 36.8 Å². The number of Topliss-reactive ketones (excluding diaryl/α,β-unsaturated/α-hetero) is 1. The Bertz CT molecular complexity index is 1500. The lowest BCUT2D eigenvalue weighted by Crippen LogP contribution is -2.41. The topological polar surface area (TPSA) is 116 Å². The summed E-state index contributed by atoms with van der Waals surface area (Å²) < 4.78 is 59.7. The molecule has 3 aromatic carbocycles. The monoisotopic (exact) mass is 555 g/mol. The molecule has 2 N–H and O–H groups in total. The fourth-order valence-electron chi connectivity index (χ4n) is 4.06. The van der Waals surface area contributed by atoms with Crippen molar-refractivity contribution in [2.45, 2.75) is 0 Å². The van der Waals surface area contributed by atoms with Crippen molar-refractivity contribution in [2.24, 2.45) is 5.73 Å². The molecule has 1 aliphatic heterocycles. The Morgan fingerprint density at radius 1 is 0.900 bits per heavy atom. The molecule has 1 heterocycles. The molecule has 8 nitrogen and oxygen atoms in total. The maximum absolute atomic E-state index is 13.8. The highest BCUT2D eigenvalue weighted by atomic mass is 19.2. The zero-order valence-corrected chi connectivity index (χ0v) is 20.7. The van der Waals surface area contributed by atoms with Crippen LogP contribution in [0, 0.1) is 33.4 Å². The van der Waals surface area contributed by atoms with Crippen molar-refractivity contribution in [3.8, 4) is 5.75 Å². The Balaban J connectivity index is 1.75. The number of nitro benzene ring substituents is 1. The first kappa shape index (κ1) is 28.2. The smallest absolute Gasteiger partial charge is 0.311 e. The van der Waals surface area contributed by atoms with Crippen LogP contribution in [-0.4, -0.2) is 47.8 Å². The van der Waals surface area contributed by atoms with Crippen LogP contribution in [0.3, 0.4) is 0 Å². The molecule has 206 valence electrons. The number of benzene rings is 3. The Labute approximate surface area is 225 Å². The number of likely N-dealkylation sites (tertiary alicyclic amines) is 1. The Morgan fingerprint density at radius 2 is 1.45 bits per heavy atom. The Hall–Kier alpha value is -4.84. The SMILES string of the molecule is NCCOc1ccc(C(=O)N2C/C(=C\c3ccc(F)c(F)c3)C(=O)/C(=C/c3ccc(F)c(F)c3)C2)cc1[N+](=O)[O-]. The second-order valence-electron chi connectivity index (χ2n) is 8.75. The van der Waals surface area contributed by atoms with Gasteiger partial charge >= 0.3 is 5.69 Å². The highest BCUT2D eigenvalue weighted by molar-refractivity contribution is 6.16. The number of hydrogen-bond donors (Lipinski definition) is 1. The summed E-state index contributed by atoms with van der Waals surface area (Å²) in [5.41, 5.74) is 5.13. The zero-order chi connectivity index (χ0) is 29.0. The van der Waals surface area contributed by atoms with E-state index in [2.05, 4.69) is 0 Å². The number of amides is 1. The van der Waals surface area contributed by atoms with Crippen LogP contribution in [0.5, 0.6) is 5.75 Å². The fraction of sp³-hybridized carbons (Fsp3) is 0.143. The minimum Gasteiger partial charge on any atom is -0.485 e. The van der Waals surface area contributed by atoms with E-state index < -0.39 is 45.6 Å². The van der Waals surface area contributed by atoms with Gasteiger partial charge in [-0.15, -0.1) is 0 Å². The molecule has 0 unspecified atom stereocenters. The molecule has 1 amide bonds. The average Bonchev–Trinajstić information content (AvgIpc) is 2.93. The second kappa shape index (κ2) is 11.9. The van der Waals surface area contributed by atoms with Crippen LogP contribution in [0.4, 0.5) is 23.2 Å². The van der Waals surface area contributed by atoms with Gasteiger partial charge in [0.2, 0.25) is 0 Å². The Kier molecular flexibility index (Phi) is 8.39. The number of ether oxygens (including phenoxy) is 1. The van der Waals surface area contributed by atoms with Gasteiger partial charge in [-0.3, -0.25) is 19.7 Å². The molecule has 0 aromatic heterocycles. The lowest BCUT2D eigenvalue weighted by Gasteiger charge is -2.30. The fourth-order valence-corrected chi connectivity index (χ4v) is 4.06. The summed E-state index contributed by atoms with van der Waals surface area (Å²) in [6, 6.07) is 9.58. The van der Waals surface area contributed by atoms with Gasteiger partial charge in [0.25, 0.3) is 5.91 Å². The summed E-state index contributed by atoms with van der Waals surface area (Å²) in [7, 11) is 0. The highest BCUT2D eigenvalue weighted by Crippen LogP contribution is 2.30. The number of hydrogen-bond acceptors (Lipinski definition) is 6. The predicted octanol–water partition coefficient (Wildman–Crippen LogP) is 4.68. The first-order valence-corrected chi connectivity index (χ1v) is 11.8. The van der Waals surface area contributed by atoms with E-state index in [0.29, 0.717) is 0 Å². The summed E-state index contributed by atoms with van der Waals surface area (Å²) in [6.45, 7) is -0.422. The summed E-state index contributed by atoms with van der Waals surface area (Å²) in [4.78, 5) is 38.8. The normalized spacial score (nSPS) is 15.5. The molecule has 12 heteroatoms. The number of nitro groups is 1. The van der Waals surface area contributed by atoms with E-state index in [1.54, 1.807) is 0 Å². The van der Waals surface area contributed by atoms with Crippen LogP contribution in [0.2, 0.25) is 0 Å². The molecule has 1 fully saturated rings. The number of nitrogens with two attached hydrogens (primary N) is 1. The molecule has 0 saturated carbocycles.